The molecular formula is C17H19N5OS. The predicted molar refractivity (Wildman–Crippen MR) is 94.2 cm³/mol. The molecule has 0 bridgehead atoms. The molecule has 7 heteroatoms. The Balaban J connectivity index is 1.54. The van der Waals surface area contributed by atoms with Crippen LogP contribution in [0.4, 0.5) is 4.79 Å². The predicted octanol–water partition coefficient (Wildman–Crippen LogP) is 3.20. The highest BCUT2D eigenvalue weighted by Crippen LogP contribution is 2.15. The summed E-state index contributed by atoms with van der Waals surface area (Å²) in [6, 6.07) is 9.54. The number of aromatic nitrogens is 3. The molecule has 2 N–H and O–H groups in total. The van der Waals surface area contributed by atoms with Crippen LogP contribution in [0.25, 0.3) is 5.69 Å². The number of hydrogen-bond acceptors (Lipinski definition) is 4. The number of amides is 2. The van der Waals surface area contributed by atoms with E-state index in [1.165, 1.54) is 0 Å². The highest BCUT2D eigenvalue weighted by atomic mass is 32.1. The van der Waals surface area contributed by atoms with E-state index in [1.807, 2.05) is 55.8 Å². The Morgan fingerprint density at radius 2 is 2.12 bits per heavy atom. The third kappa shape index (κ3) is 3.99. The number of nitrogens with one attached hydrogen (secondary N) is 2. The molecule has 0 radical (unpaired) electrons. The highest BCUT2D eigenvalue weighted by molar-refractivity contribution is 7.09. The van der Waals surface area contributed by atoms with Crippen molar-refractivity contribution in [3.05, 3.63) is 64.4 Å². The Labute approximate surface area is 144 Å². The van der Waals surface area contributed by atoms with Gasteiger partial charge in [-0.2, -0.15) is 5.10 Å². The van der Waals surface area contributed by atoms with E-state index in [1.54, 1.807) is 22.2 Å². The molecule has 2 aromatic heterocycles. The summed E-state index contributed by atoms with van der Waals surface area (Å²) in [4.78, 5) is 16.3. The van der Waals surface area contributed by atoms with Gasteiger partial charge in [-0.05, 0) is 37.6 Å². The summed E-state index contributed by atoms with van der Waals surface area (Å²) in [5.41, 5.74) is 2.99. The fourth-order valence-electron chi connectivity index (χ4n) is 2.31. The maximum atomic E-state index is 12.0. The summed E-state index contributed by atoms with van der Waals surface area (Å²) in [7, 11) is 0. The van der Waals surface area contributed by atoms with E-state index < -0.39 is 0 Å². The highest BCUT2D eigenvalue weighted by Gasteiger charge is 2.10. The summed E-state index contributed by atoms with van der Waals surface area (Å²) in [6.07, 6.45) is 3.64. The Morgan fingerprint density at radius 3 is 2.75 bits per heavy atom. The van der Waals surface area contributed by atoms with E-state index in [0.29, 0.717) is 6.54 Å². The van der Waals surface area contributed by atoms with Crippen LogP contribution in [0.2, 0.25) is 0 Å². The molecule has 6 nitrogen and oxygen atoms in total. The number of carbonyl (C=O) groups is 1. The second kappa shape index (κ2) is 7.27. The molecule has 24 heavy (non-hydrogen) atoms. The Morgan fingerprint density at radius 1 is 1.33 bits per heavy atom. The van der Waals surface area contributed by atoms with Crippen LogP contribution in [0.1, 0.15) is 29.2 Å². The van der Waals surface area contributed by atoms with Gasteiger partial charge in [-0.1, -0.05) is 12.1 Å². The number of nitrogens with zero attached hydrogens (tertiary/aromatic N) is 3. The molecule has 0 fully saturated rings. The Bertz CT molecular complexity index is 795. The van der Waals surface area contributed by atoms with Crippen molar-refractivity contribution in [1.82, 2.24) is 25.4 Å². The second-order valence-electron chi connectivity index (χ2n) is 5.47. The molecule has 3 aromatic rings. The first kappa shape index (κ1) is 16.2. The zero-order valence-corrected chi connectivity index (χ0v) is 14.4. The van der Waals surface area contributed by atoms with Crippen LogP contribution in [0.5, 0.6) is 0 Å². The SMILES string of the molecule is Cc1csc(CNC(=O)N[C@@H](C)c2ccc(-n3cccn3)cc2)n1. The van der Waals surface area contributed by atoms with Crippen LogP contribution >= 0.6 is 11.3 Å². The average Bonchev–Trinajstić information content (AvgIpc) is 3.25. The summed E-state index contributed by atoms with van der Waals surface area (Å²) < 4.78 is 1.80. The minimum Gasteiger partial charge on any atom is -0.332 e. The van der Waals surface area contributed by atoms with Crippen LogP contribution in [0, 0.1) is 6.92 Å². The van der Waals surface area contributed by atoms with Crippen LogP contribution < -0.4 is 10.6 Å². The fraction of sp³-hybridized carbons (Fsp3) is 0.235. The lowest BCUT2D eigenvalue weighted by molar-refractivity contribution is 0.237. The summed E-state index contributed by atoms with van der Waals surface area (Å²) in [5, 5.41) is 12.8. The van der Waals surface area contributed by atoms with Crippen molar-refractivity contribution in [3.8, 4) is 5.69 Å². The molecule has 0 spiro atoms. The van der Waals surface area contributed by atoms with Crippen molar-refractivity contribution >= 4 is 17.4 Å². The normalized spacial score (nSPS) is 11.9. The minimum absolute atomic E-state index is 0.0882. The third-order valence-electron chi connectivity index (χ3n) is 3.58. The second-order valence-corrected chi connectivity index (χ2v) is 6.42. The van der Waals surface area contributed by atoms with Crippen molar-refractivity contribution in [3.63, 3.8) is 0 Å². The maximum Gasteiger partial charge on any atom is 0.315 e. The number of urea groups is 1. The van der Waals surface area contributed by atoms with Crippen LogP contribution in [-0.2, 0) is 6.54 Å². The molecule has 0 saturated heterocycles. The van der Waals surface area contributed by atoms with Crippen molar-refractivity contribution in [1.29, 1.82) is 0 Å². The van der Waals surface area contributed by atoms with Crippen LogP contribution in [0.3, 0.4) is 0 Å². The van der Waals surface area contributed by atoms with Gasteiger partial charge >= 0.3 is 6.03 Å². The van der Waals surface area contributed by atoms with Crippen molar-refractivity contribution < 1.29 is 4.79 Å². The van der Waals surface area contributed by atoms with E-state index in [0.717, 1.165) is 22.0 Å². The van der Waals surface area contributed by atoms with Gasteiger partial charge in [0.2, 0.25) is 0 Å². The van der Waals surface area contributed by atoms with E-state index >= 15 is 0 Å². The molecule has 2 amide bonds. The molecule has 0 unspecified atom stereocenters. The number of aryl methyl sites for hydroxylation is 1. The molecule has 0 aliphatic heterocycles. The lowest BCUT2D eigenvalue weighted by Crippen LogP contribution is -2.36. The molecule has 3 rings (SSSR count). The van der Waals surface area contributed by atoms with Gasteiger partial charge in [-0.15, -0.1) is 11.3 Å². The van der Waals surface area contributed by atoms with Gasteiger partial charge in [-0.25, -0.2) is 14.5 Å². The molecule has 2 heterocycles. The van der Waals surface area contributed by atoms with Gasteiger partial charge in [0.15, 0.2) is 0 Å². The number of hydrogen-bond donors (Lipinski definition) is 2. The standard InChI is InChI=1S/C17H19N5OS/c1-12-11-24-16(20-12)10-18-17(23)21-13(2)14-4-6-15(7-5-14)22-9-3-8-19-22/h3-9,11,13H,10H2,1-2H3,(H2,18,21,23)/t13-/m0/s1. The quantitative estimate of drug-likeness (QED) is 0.748. The molecule has 1 atom stereocenters. The summed E-state index contributed by atoms with van der Waals surface area (Å²) in [5.74, 6) is 0. The monoisotopic (exact) mass is 341 g/mol. The van der Waals surface area contributed by atoms with Gasteiger partial charge < -0.3 is 10.6 Å². The first-order valence-electron chi connectivity index (χ1n) is 7.67. The smallest absolute Gasteiger partial charge is 0.315 e. The molecule has 0 aliphatic rings. The molecular weight excluding hydrogens is 322 g/mol. The fourth-order valence-corrected chi connectivity index (χ4v) is 3.02. The largest absolute Gasteiger partial charge is 0.332 e. The van der Waals surface area contributed by atoms with Gasteiger partial charge in [0.1, 0.15) is 5.01 Å². The van der Waals surface area contributed by atoms with Gasteiger partial charge in [0.25, 0.3) is 0 Å². The van der Waals surface area contributed by atoms with Gasteiger partial charge in [0.05, 0.1) is 18.3 Å². The minimum atomic E-state index is -0.202. The number of rotatable bonds is 5. The number of thiazole rings is 1. The van der Waals surface area contributed by atoms with E-state index in [9.17, 15) is 4.79 Å². The van der Waals surface area contributed by atoms with Crippen LogP contribution in [-0.4, -0.2) is 20.8 Å². The molecule has 1 aromatic carbocycles. The van der Waals surface area contributed by atoms with E-state index in [4.69, 9.17) is 0 Å². The van der Waals surface area contributed by atoms with Crippen molar-refractivity contribution in [2.24, 2.45) is 0 Å². The summed E-state index contributed by atoms with van der Waals surface area (Å²) in [6.45, 7) is 4.33. The summed E-state index contributed by atoms with van der Waals surface area (Å²) >= 11 is 1.55. The first-order valence-corrected chi connectivity index (χ1v) is 8.55. The van der Waals surface area contributed by atoms with E-state index in [2.05, 4.69) is 20.7 Å². The lowest BCUT2D eigenvalue weighted by Gasteiger charge is -2.15. The number of carbonyl (C=O) groups excluding carboxylic acids is 1. The Kier molecular flexibility index (Phi) is 4.90. The lowest BCUT2D eigenvalue weighted by atomic mass is 10.1. The van der Waals surface area contributed by atoms with Crippen LogP contribution in [0.15, 0.2) is 48.1 Å². The topological polar surface area (TPSA) is 71.8 Å². The van der Waals surface area contributed by atoms with Gasteiger partial charge in [-0.3, -0.25) is 0 Å². The maximum absolute atomic E-state index is 12.0. The average molecular weight is 341 g/mol. The van der Waals surface area contributed by atoms with Gasteiger partial charge in [0, 0.05) is 23.5 Å². The third-order valence-corrected chi connectivity index (χ3v) is 4.54. The Hall–Kier alpha value is -2.67. The molecule has 0 saturated carbocycles. The van der Waals surface area contributed by atoms with Crippen molar-refractivity contribution in [2.75, 3.05) is 0 Å². The molecule has 124 valence electrons. The zero-order valence-electron chi connectivity index (χ0n) is 13.6. The number of benzene rings is 1. The zero-order chi connectivity index (χ0) is 16.9. The van der Waals surface area contributed by atoms with E-state index in [-0.39, 0.29) is 12.1 Å². The van der Waals surface area contributed by atoms with Crippen molar-refractivity contribution in [2.45, 2.75) is 26.4 Å². The molecule has 0 aliphatic carbocycles. The first-order chi connectivity index (χ1) is 11.6.